The molecule has 140 valence electrons. The quantitative estimate of drug-likeness (QED) is 0.781. The van der Waals surface area contributed by atoms with E-state index in [1.165, 1.54) is 64.5 Å². The zero-order valence-electron chi connectivity index (χ0n) is 15.6. The molecule has 2 atom stereocenters. The van der Waals surface area contributed by atoms with E-state index in [4.69, 9.17) is 4.74 Å². The van der Waals surface area contributed by atoms with Gasteiger partial charge in [0.05, 0.1) is 6.10 Å². The van der Waals surface area contributed by atoms with Crippen LogP contribution < -0.4 is 5.32 Å². The van der Waals surface area contributed by atoms with Crippen molar-refractivity contribution in [2.24, 2.45) is 5.92 Å². The van der Waals surface area contributed by atoms with Gasteiger partial charge in [-0.25, -0.2) is 0 Å². The Labute approximate surface area is 148 Å². The van der Waals surface area contributed by atoms with Gasteiger partial charge in [0.2, 0.25) is 0 Å². The zero-order valence-corrected chi connectivity index (χ0v) is 15.6. The Morgan fingerprint density at radius 2 is 1.67 bits per heavy atom. The topological polar surface area (TPSA) is 44.7 Å². The number of nitrogens with zero attached hydrogens (tertiary/aromatic N) is 1. The van der Waals surface area contributed by atoms with Gasteiger partial charge in [0.15, 0.2) is 0 Å². The minimum absolute atomic E-state index is 0.114. The standard InChI is InChI=1S/C20H38N2O2/c1-2-24-15-16-7-9-18(10-8-16)22-13-11-17(12-14-22)21-19-5-3-4-6-20(19)23/h16-21,23H,2-15H2,1H3/t16?,18?,19-,20+/m1/s1. The second-order valence-corrected chi connectivity index (χ2v) is 8.27. The molecule has 2 saturated carbocycles. The Bertz CT molecular complexity index is 350. The molecule has 4 heteroatoms. The maximum atomic E-state index is 10.2. The third-order valence-electron chi connectivity index (χ3n) is 6.60. The van der Waals surface area contributed by atoms with Crippen molar-refractivity contribution in [3.63, 3.8) is 0 Å². The van der Waals surface area contributed by atoms with Crippen LogP contribution in [0.15, 0.2) is 0 Å². The average molecular weight is 339 g/mol. The molecule has 2 N–H and O–H groups in total. The van der Waals surface area contributed by atoms with Crippen LogP contribution in [0.4, 0.5) is 0 Å². The van der Waals surface area contributed by atoms with Crippen LogP contribution in [-0.4, -0.2) is 60.5 Å². The lowest BCUT2D eigenvalue weighted by molar-refractivity contribution is 0.0510. The van der Waals surface area contributed by atoms with E-state index in [1.54, 1.807) is 0 Å². The van der Waals surface area contributed by atoms with Gasteiger partial charge in [-0.05, 0) is 77.3 Å². The molecule has 1 aliphatic heterocycles. The summed E-state index contributed by atoms with van der Waals surface area (Å²) in [5, 5.41) is 13.9. The molecule has 0 aromatic carbocycles. The normalized spacial score (nSPS) is 36.8. The molecular weight excluding hydrogens is 300 g/mol. The van der Waals surface area contributed by atoms with Gasteiger partial charge in [0.25, 0.3) is 0 Å². The number of ether oxygens (including phenoxy) is 1. The lowest BCUT2D eigenvalue weighted by Crippen LogP contribution is -2.52. The number of hydrogen-bond acceptors (Lipinski definition) is 4. The second kappa shape index (κ2) is 9.51. The summed E-state index contributed by atoms with van der Waals surface area (Å²) in [5.74, 6) is 0.799. The molecule has 24 heavy (non-hydrogen) atoms. The van der Waals surface area contributed by atoms with E-state index < -0.39 is 0 Å². The fourth-order valence-electron chi connectivity index (χ4n) is 5.00. The molecule has 0 aromatic heterocycles. The lowest BCUT2D eigenvalue weighted by Gasteiger charge is -2.42. The van der Waals surface area contributed by atoms with Crippen molar-refractivity contribution in [3.05, 3.63) is 0 Å². The summed E-state index contributed by atoms with van der Waals surface area (Å²) in [6.45, 7) is 6.40. The van der Waals surface area contributed by atoms with Gasteiger partial charge in [-0.2, -0.15) is 0 Å². The highest BCUT2D eigenvalue weighted by atomic mass is 16.5. The average Bonchev–Trinajstić information content (AvgIpc) is 2.63. The van der Waals surface area contributed by atoms with Crippen molar-refractivity contribution in [3.8, 4) is 0 Å². The van der Waals surface area contributed by atoms with Crippen LogP contribution in [0, 0.1) is 5.92 Å². The molecule has 3 aliphatic rings. The van der Waals surface area contributed by atoms with Crippen molar-refractivity contribution in [1.82, 2.24) is 10.2 Å². The maximum Gasteiger partial charge on any atom is 0.0693 e. The molecular formula is C20H38N2O2. The molecule has 0 radical (unpaired) electrons. The molecule has 1 saturated heterocycles. The summed E-state index contributed by atoms with van der Waals surface area (Å²) in [4.78, 5) is 2.74. The highest BCUT2D eigenvalue weighted by molar-refractivity contribution is 4.88. The molecule has 0 amide bonds. The number of hydrogen-bond donors (Lipinski definition) is 2. The van der Waals surface area contributed by atoms with Crippen LogP contribution in [0.1, 0.15) is 71.1 Å². The van der Waals surface area contributed by atoms with Crippen molar-refractivity contribution in [1.29, 1.82) is 0 Å². The monoisotopic (exact) mass is 338 g/mol. The van der Waals surface area contributed by atoms with Crippen molar-refractivity contribution < 1.29 is 9.84 Å². The number of piperidine rings is 1. The highest BCUT2D eigenvalue weighted by Crippen LogP contribution is 2.30. The van der Waals surface area contributed by atoms with Crippen molar-refractivity contribution in [2.45, 2.75) is 95.4 Å². The molecule has 4 nitrogen and oxygen atoms in total. The molecule has 3 fully saturated rings. The predicted molar refractivity (Wildman–Crippen MR) is 98.2 cm³/mol. The summed E-state index contributed by atoms with van der Waals surface area (Å²) >= 11 is 0. The highest BCUT2D eigenvalue weighted by Gasteiger charge is 2.31. The van der Waals surface area contributed by atoms with Crippen molar-refractivity contribution >= 4 is 0 Å². The van der Waals surface area contributed by atoms with E-state index in [2.05, 4.69) is 17.1 Å². The van der Waals surface area contributed by atoms with Gasteiger partial charge in [-0.3, -0.25) is 0 Å². The molecule has 0 unspecified atom stereocenters. The predicted octanol–water partition coefficient (Wildman–Crippen LogP) is 2.94. The Kier molecular flexibility index (Phi) is 7.38. The third-order valence-corrected chi connectivity index (χ3v) is 6.60. The van der Waals surface area contributed by atoms with Crippen LogP contribution in [0.25, 0.3) is 0 Å². The van der Waals surface area contributed by atoms with E-state index >= 15 is 0 Å². The van der Waals surface area contributed by atoms with Crippen LogP contribution in [0.3, 0.4) is 0 Å². The molecule has 0 spiro atoms. The Morgan fingerprint density at radius 3 is 2.33 bits per heavy atom. The molecule has 0 aromatic rings. The number of aliphatic hydroxyl groups excluding tert-OH is 1. The zero-order chi connectivity index (χ0) is 16.8. The van der Waals surface area contributed by atoms with Crippen molar-refractivity contribution in [2.75, 3.05) is 26.3 Å². The fraction of sp³-hybridized carbons (Fsp3) is 1.00. The number of likely N-dealkylation sites (tertiary alicyclic amines) is 1. The minimum Gasteiger partial charge on any atom is -0.392 e. The first-order valence-electron chi connectivity index (χ1n) is 10.5. The number of nitrogens with one attached hydrogen (secondary N) is 1. The van der Waals surface area contributed by atoms with E-state index in [1.807, 2.05) is 0 Å². The number of rotatable bonds is 6. The first kappa shape index (κ1) is 18.6. The summed E-state index contributed by atoms with van der Waals surface area (Å²) in [6, 6.07) is 1.78. The van der Waals surface area contributed by atoms with Crippen LogP contribution in [0.2, 0.25) is 0 Å². The first-order chi connectivity index (χ1) is 11.8. The van der Waals surface area contributed by atoms with Gasteiger partial charge in [0, 0.05) is 31.3 Å². The Balaban J connectivity index is 1.35. The van der Waals surface area contributed by atoms with E-state index in [-0.39, 0.29) is 6.10 Å². The van der Waals surface area contributed by atoms with E-state index in [0.717, 1.165) is 38.0 Å². The Morgan fingerprint density at radius 1 is 0.958 bits per heavy atom. The van der Waals surface area contributed by atoms with Gasteiger partial charge in [-0.15, -0.1) is 0 Å². The van der Waals surface area contributed by atoms with Crippen LogP contribution >= 0.6 is 0 Å². The smallest absolute Gasteiger partial charge is 0.0693 e. The minimum atomic E-state index is -0.114. The summed E-state index contributed by atoms with van der Waals surface area (Å²) in [7, 11) is 0. The SMILES string of the molecule is CCOCC1CCC(N2CCC(N[C@@H]3CCCC[C@@H]3O)CC2)CC1. The van der Waals surface area contributed by atoms with E-state index in [9.17, 15) is 5.11 Å². The molecule has 3 rings (SSSR count). The van der Waals surface area contributed by atoms with E-state index in [0.29, 0.717) is 12.1 Å². The summed E-state index contributed by atoms with van der Waals surface area (Å²) < 4.78 is 5.61. The molecule has 0 bridgehead atoms. The maximum absolute atomic E-state index is 10.2. The summed E-state index contributed by atoms with van der Waals surface area (Å²) in [5.41, 5.74) is 0. The second-order valence-electron chi connectivity index (χ2n) is 8.27. The van der Waals surface area contributed by atoms with Gasteiger partial charge < -0.3 is 20.1 Å². The number of aliphatic hydroxyl groups is 1. The first-order valence-corrected chi connectivity index (χ1v) is 10.5. The summed E-state index contributed by atoms with van der Waals surface area (Å²) in [6.07, 6.45) is 12.4. The van der Waals surface area contributed by atoms with Gasteiger partial charge in [-0.1, -0.05) is 12.8 Å². The molecule has 2 aliphatic carbocycles. The third kappa shape index (κ3) is 5.17. The Hall–Kier alpha value is -0.160. The fourth-order valence-corrected chi connectivity index (χ4v) is 5.00. The van der Waals surface area contributed by atoms with Gasteiger partial charge in [0.1, 0.15) is 0 Å². The lowest BCUT2D eigenvalue weighted by atomic mass is 9.84. The largest absolute Gasteiger partial charge is 0.392 e. The van der Waals surface area contributed by atoms with Crippen LogP contribution in [-0.2, 0) is 4.74 Å². The van der Waals surface area contributed by atoms with Crippen LogP contribution in [0.5, 0.6) is 0 Å². The van der Waals surface area contributed by atoms with Gasteiger partial charge >= 0.3 is 0 Å². The molecule has 1 heterocycles.